The molecule has 0 atom stereocenters. The van der Waals surface area contributed by atoms with Crippen LogP contribution in [0.1, 0.15) is 23.6 Å². The van der Waals surface area contributed by atoms with Gasteiger partial charge in [0.05, 0.1) is 6.61 Å². The second-order valence-corrected chi connectivity index (χ2v) is 8.10. The fourth-order valence-electron chi connectivity index (χ4n) is 3.85. The lowest BCUT2D eigenvalue weighted by Gasteiger charge is -2.10. The molecule has 0 spiro atoms. The summed E-state index contributed by atoms with van der Waals surface area (Å²) >= 11 is 0. The molecule has 5 heteroatoms. The van der Waals surface area contributed by atoms with Gasteiger partial charge in [-0.15, -0.1) is 0 Å². The van der Waals surface area contributed by atoms with E-state index < -0.39 is 11.6 Å². The molecular weight excluding hydrogens is 437 g/mol. The molecule has 2 nitrogen and oxygen atoms in total. The molecule has 4 aromatic rings. The van der Waals surface area contributed by atoms with Crippen LogP contribution in [-0.4, -0.2) is 11.7 Å². The molecule has 0 unspecified atom stereocenters. The SMILES string of the molecule is CCOCc1ccc(CCc2ccc(-c3ccc(-c4ccc(O)cc4)c(F)c3F)cc2)cc1F. The summed E-state index contributed by atoms with van der Waals surface area (Å²) in [4.78, 5) is 0. The Morgan fingerprint density at radius 3 is 1.76 bits per heavy atom. The zero-order valence-corrected chi connectivity index (χ0v) is 18.8. The molecule has 0 aliphatic carbocycles. The van der Waals surface area contributed by atoms with Crippen LogP contribution in [0.15, 0.2) is 78.9 Å². The van der Waals surface area contributed by atoms with Gasteiger partial charge in [-0.25, -0.2) is 13.2 Å². The molecule has 0 amide bonds. The van der Waals surface area contributed by atoms with Crippen LogP contribution >= 0.6 is 0 Å². The van der Waals surface area contributed by atoms with E-state index in [-0.39, 0.29) is 29.3 Å². The largest absolute Gasteiger partial charge is 0.508 e. The minimum atomic E-state index is -0.929. The van der Waals surface area contributed by atoms with Crippen molar-refractivity contribution in [2.75, 3.05) is 6.61 Å². The Kier molecular flexibility index (Phi) is 7.33. The second-order valence-electron chi connectivity index (χ2n) is 8.10. The average molecular weight is 463 g/mol. The van der Waals surface area contributed by atoms with E-state index in [2.05, 4.69) is 0 Å². The summed E-state index contributed by atoms with van der Waals surface area (Å²) in [6.07, 6.45) is 1.36. The third-order valence-corrected chi connectivity index (χ3v) is 5.81. The summed E-state index contributed by atoms with van der Waals surface area (Å²) in [6.45, 7) is 2.67. The monoisotopic (exact) mass is 462 g/mol. The Morgan fingerprint density at radius 2 is 1.21 bits per heavy atom. The number of hydrogen-bond donors (Lipinski definition) is 1. The van der Waals surface area contributed by atoms with Crippen molar-refractivity contribution in [3.63, 3.8) is 0 Å². The fourth-order valence-corrected chi connectivity index (χ4v) is 3.85. The number of benzene rings is 4. The molecule has 0 aliphatic rings. The predicted molar refractivity (Wildman–Crippen MR) is 128 cm³/mol. The van der Waals surface area contributed by atoms with Gasteiger partial charge in [0, 0.05) is 23.3 Å². The van der Waals surface area contributed by atoms with Gasteiger partial charge < -0.3 is 9.84 Å². The van der Waals surface area contributed by atoms with E-state index in [0.717, 1.165) is 11.1 Å². The topological polar surface area (TPSA) is 29.5 Å². The lowest BCUT2D eigenvalue weighted by atomic mass is 9.97. The number of aryl methyl sites for hydroxylation is 2. The lowest BCUT2D eigenvalue weighted by Crippen LogP contribution is -1.98. The normalized spacial score (nSPS) is 11.1. The van der Waals surface area contributed by atoms with E-state index in [1.165, 1.54) is 24.3 Å². The molecule has 0 heterocycles. The molecule has 0 aliphatic heterocycles. The number of phenolic OH excluding ortho intramolecular Hbond substituents is 1. The molecule has 0 radical (unpaired) electrons. The molecule has 34 heavy (non-hydrogen) atoms. The summed E-state index contributed by atoms with van der Waals surface area (Å²) in [5.74, 6) is -2.05. The van der Waals surface area contributed by atoms with Crippen LogP contribution in [0.25, 0.3) is 22.3 Å². The quantitative estimate of drug-likeness (QED) is 0.294. The number of rotatable bonds is 8. The minimum Gasteiger partial charge on any atom is -0.508 e. The Bertz CT molecular complexity index is 1270. The van der Waals surface area contributed by atoms with Crippen LogP contribution in [0, 0.1) is 17.5 Å². The van der Waals surface area contributed by atoms with Gasteiger partial charge in [0.15, 0.2) is 11.6 Å². The van der Waals surface area contributed by atoms with Crippen LogP contribution in [0.3, 0.4) is 0 Å². The van der Waals surface area contributed by atoms with Crippen molar-refractivity contribution >= 4 is 0 Å². The fraction of sp³-hybridized carbons (Fsp3) is 0.172. The first-order valence-electron chi connectivity index (χ1n) is 11.2. The van der Waals surface area contributed by atoms with Crippen LogP contribution in [0.4, 0.5) is 13.2 Å². The molecule has 174 valence electrons. The zero-order valence-electron chi connectivity index (χ0n) is 18.8. The highest BCUT2D eigenvalue weighted by molar-refractivity contribution is 5.72. The smallest absolute Gasteiger partial charge is 0.167 e. The van der Waals surface area contributed by atoms with Crippen LogP contribution in [0.2, 0.25) is 0 Å². The third kappa shape index (κ3) is 5.32. The highest BCUT2D eigenvalue weighted by Gasteiger charge is 2.16. The standard InChI is InChI=1S/C29H25F3O2/c1-2-34-18-23-10-7-20(17-27(23)30)4-3-19-5-8-21(9-6-19)25-15-16-26(29(32)28(25)31)22-11-13-24(33)14-12-22/h5-17,33H,2-4,18H2,1H3. The predicted octanol–water partition coefficient (Wildman–Crippen LogP) is 7.47. The lowest BCUT2D eigenvalue weighted by molar-refractivity contribution is 0.131. The molecule has 0 fully saturated rings. The molecule has 1 N–H and O–H groups in total. The first-order valence-corrected chi connectivity index (χ1v) is 11.2. The van der Waals surface area contributed by atoms with E-state index in [4.69, 9.17) is 4.74 Å². The van der Waals surface area contributed by atoms with Gasteiger partial charge in [-0.2, -0.15) is 0 Å². The van der Waals surface area contributed by atoms with E-state index in [1.54, 1.807) is 36.4 Å². The van der Waals surface area contributed by atoms with Crippen molar-refractivity contribution in [2.24, 2.45) is 0 Å². The maximum absolute atomic E-state index is 14.9. The molecule has 0 saturated carbocycles. The summed E-state index contributed by atoms with van der Waals surface area (Å²) in [5.41, 5.74) is 3.82. The van der Waals surface area contributed by atoms with Gasteiger partial charge in [0.2, 0.25) is 0 Å². The van der Waals surface area contributed by atoms with Gasteiger partial charge in [-0.3, -0.25) is 0 Å². The molecule has 0 saturated heterocycles. The van der Waals surface area contributed by atoms with Gasteiger partial charge in [0.25, 0.3) is 0 Å². The average Bonchev–Trinajstić information content (AvgIpc) is 2.85. The van der Waals surface area contributed by atoms with Gasteiger partial charge >= 0.3 is 0 Å². The van der Waals surface area contributed by atoms with Crippen molar-refractivity contribution in [3.05, 3.63) is 113 Å². The number of hydrogen-bond acceptors (Lipinski definition) is 2. The number of phenols is 1. The molecule has 0 aromatic heterocycles. The molecule has 4 rings (SSSR count). The van der Waals surface area contributed by atoms with E-state index >= 15 is 0 Å². The van der Waals surface area contributed by atoms with Crippen molar-refractivity contribution in [1.29, 1.82) is 0 Å². The van der Waals surface area contributed by atoms with E-state index in [9.17, 15) is 18.3 Å². The Hall–Kier alpha value is -3.57. The van der Waals surface area contributed by atoms with Crippen LogP contribution < -0.4 is 0 Å². The molecule has 4 aromatic carbocycles. The Labute approximate surface area is 197 Å². The summed E-state index contributed by atoms with van der Waals surface area (Å²) in [5, 5.41) is 9.41. The second kappa shape index (κ2) is 10.6. The van der Waals surface area contributed by atoms with Crippen LogP contribution in [0.5, 0.6) is 5.75 Å². The van der Waals surface area contributed by atoms with Crippen molar-refractivity contribution in [2.45, 2.75) is 26.4 Å². The first kappa shape index (κ1) is 23.6. The molecule has 0 bridgehead atoms. The zero-order chi connectivity index (χ0) is 24.1. The van der Waals surface area contributed by atoms with E-state index in [0.29, 0.717) is 36.1 Å². The maximum Gasteiger partial charge on any atom is 0.167 e. The Balaban J connectivity index is 1.46. The van der Waals surface area contributed by atoms with Gasteiger partial charge in [-0.1, -0.05) is 60.7 Å². The van der Waals surface area contributed by atoms with Crippen LogP contribution in [-0.2, 0) is 24.2 Å². The number of ether oxygens (including phenoxy) is 1. The minimum absolute atomic E-state index is 0.0602. The molecular formula is C29H25F3O2. The summed E-state index contributed by atoms with van der Waals surface area (Å²) < 4.78 is 49.1. The van der Waals surface area contributed by atoms with Crippen molar-refractivity contribution < 1.29 is 23.0 Å². The first-order chi connectivity index (χ1) is 16.5. The Morgan fingerprint density at radius 1 is 0.676 bits per heavy atom. The van der Waals surface area contributed by atoms with Gasteiger partial charge in [0.1, 0.15) is 11.6 Å². The summed E-state index contributed by atoms with van der Waals surface area (Å²) in [7, 11) is 0. The summed E-state index contributed by atoms with van der Waals surface area (Å²) in [6, 6.07) is 21.5. The maximum atomic E-state index is 14.9. The van der Waals surface area contributed by atoms with Crippen molar-refractivity contribution in [1.82, 2.24) is 0 Å². The van der Waals surface area contributed by atoms with Crippen molar-refractivity contribution in [3.8, 4) is 28.0 Å². The number of halogens is 3. The number of aromatic hydroxyl groups is 1. The van der Waals surface area contributed by atoms with E-state index in [1.807, 2.05) is 25.1 Å². The highest BCUT2D eigenvalue weighted by Crippen LogP contribution is 2.32. The van der Waals surface area contributed by atoms with Gasteiger partial charge in [-0.05, 0) is 60.2 Å². The highest BCUT2D eigenvalue weighted by atomic mass is 19.2. The third-order valence-electron chi connectivity index (χ3n) is 5.81.